The van der Waals surface area contributed by atoms with Crippen molar-refractivity contribution in [2.24, 2.45) is 0 Å². The Morgan fingerprint density at radius 1 is 1.47 bits per heavy atom. The predicted molar refractivity (Wildman–Crippen MR) is 68.9 cm³/mol. The SMILES string of the molecule is CCCCCNC(=O)C(C)n1ccnc1CC. The van der Waals surface area contributed by atoms with Crippen LogP contribution in [0.1, 0.15) is 51.9 Å². The normalized spacial score (nSPS) is 12.4. The largest absolute Gasteiger partial charge is 0.354 e. The Labute approximate surface area is 103 Å². The third-order valence-electron chi connectivity index (χ3n) is 2.94. The van der Waals surface area contributed by atoms with Crippen molar-refractivity contribution in [1.82, 2.24) is 14.9 Å². The van der Waals surface area contributed by atoms with E-state index >= 15 is 0 Å². The molecule has 0 aliphatic carbocycles. The van der Waals surface area contributed by atoms with Gasteiger partial charge >= 0.3 is 0 Å². The van der Waals surface area contributed by atoms with Crippen LogP contribution in [0.5, 0.6) is 0 Å². The predicted octanol–water partition coefficient (Wildman–Crippen LogP) is 2.31. The van der Waals surface area contributed by atoms with E-state index in [0.29, 0.717) is 0 Å². The molecule has 0 spiro atoms. The number of hydrogen-bond donors (Lipinski definition) is 1. The Hall–Kier alpha value is -1.32. The van der Waals surface area contributed by atoms with Gasteiger partial charge in [-0.3, -0.25) is 4.79 Å². The molecule has 96 valence electrons. The van der Waals surface area contributed by atoms with E-state index in [9.17, 15) is 4.79 Å². The van der Waals surface area contributed by atoms with Crippen LogP contribution >= 0.6 is 0 Å². The molecule has 1 atom stereocenters. The summed E-state index contributed by atoms with van der Waals surface area (Å²) in [6, 6.07) is -0.172. The van der Waals surface area contributed by atoms with Crippen LogP contribution in [0.4, 0.5) is 0 Å². The third-order valence-corrected chi connectivity index (χ3v) is 2.94. The van der Waals surface area contributed by atoms with Crippen molar-refractivity contribution >= 4 is 5.91 Å². The Balaban J connectivity index is 2.46. The molecule has 4 heteroatoms. The second kappa shape index (κ2) is 7.09. The first-order chi connectivity index (χ1) is 8.20. The molecule has 1 amide bonds. The molecule has 4 nitrogen and oxygen atoms in total. The molecule has 1 aromatic heterocycles. The van der Waals surface area contributed by atoms with Gasteiger partial charge in [-0.15, -0.1) is 0 Å². The number of aryl methyl sites for hydroxylation is 1. The minimum absolute atomic E-state index is 0.0776. The molecule has 0 saturated heterocycles. The minimum Gasteiger partial charge on any atom is -0.354 e. The zero-order valence-electron chi connectivity index (χ0n) is 11.1. The number of aromatic nitrogens is 2. The number of unbranched alkanes of at least 4 members (excludes halogenated alkanes) is 2. The molecule has 0 radical (unpaired) electrons. The molecule has 1 heterocycles. The first kappa shape index (κ1) is 13.7. The lowest BCUT2D eigenvalue weighted by molar-refractivity contribution is -0.123. The Bertz CT molecular complexity index is 346. The lowest BCUT2D eigenvalue weighted by Crippen LogP contribution is -2.32. The molecule has 0 aliphatic heterocycles. The van der Waals surface area contributed by atoms with E-state index in [1.165, 1.54) is 12.8 Å². The maximum absolute atomic E-state index is 11.9. The van der Waals surface area contributed by atoms with Gasteiger partial charge in [0.05, 0.1) is 0 Å². The van der Waals surface area contributed by atoms with Crippen LogP contribution in [0, 0.1) is 0 Å². The van der Waals surface area contributed by atoms with Gasteiger partial charge in [0.15, 0.2) is 0 Å². The molecular weight excluding hydrogens is 214 g/mol. The number of nitrogens with zero attached hydrogens (tertiary/aromatic N) is 2. The van der Waals surface area contributed by atoms with Crippen molar-refractivity contribution in [3.05, 3.63) is 18.2 Å². The highest BCUT2D eigenvalue weighted by molar-refractivity contribution is 5.79. The van der Waals surface area contributed by atoms with Gasteiger partial charge in [0.2, 0.25) is 5.91 Å². The lowest BCUT2D eigenvalue weighted by Gasteiger charge is -2.15. The first-order valence-corrected chi connectivity index (χ1v) is 6.50. The standard InChI is InChI=1S/C13H23N3O/c1-4-6-7-8-15-13(17)11(3)16-10-9-14-12(16)5-2/h9-11H,4-8H2,1-3H3,(H,15,17). The van der Waals surface area contributed by atoms with Crippen molar-refractivity contribution in [3.8, 4) is 0 Å². The van der Waals surface area contributed by atoms with Crippen molar-refractivity contribution in [2.45, 2.75) is 52.5 Å². The smallest absolute Gasteiger partial charge is 0.242 e. The molecule has 1 unspecified atom stereocenters. The fraction of sp³-hybridized carbons (Fsp3) is 0.692. The van der Waals surface area contributed by atoms with E-state index in [0.717, 1.165) is 25.2 Å². The van der Waals surface area contributed by atoms with Gasteiger partial charge in [0.25, 0.3) is 0 Å². The Morgan fingerprint density at radius 2 is 2.24 bits per heavy atom. The molecule has 0 aromatic carbocycles. The summed E-state index contributed by atoms with van der Waals surface area (Å²) in [6.45, 7) is 6.89. The topological polar surface area (TPSA) is 46.9 Å². The summed E-state index contributed by atoms with van der Waals surface area (Å²) in [7, 11) is 0. The van der Waals surface area contributed by atoms with Gasteiger partial charge in [-0.25, -0.2) is 4.98 Å². The number of carbonyl (C=O) groups excluding carboxylic acids is 1. The second-order valence-electron chi connectivity index (χ2n) is 4.28. The van der Waals surface area contributed by atoms with Crippen molar-refractivity contribution in [2.75, 3.05) is 6.54 Å². The average molecular weight is 237 g/mol. The maximum atomic E-state index is 11.9. The van der Waals surface area contributed by atoms with Crippen LogP contribution in [0.2, 0.25) is 0 Å². The van der Waals surface area contributed by atoms with Crippen molar-refractivity contribution < 1.29 is 4.79 Å². The van der Waals surface area contributed by atoms with E-state index < -0.39 is 0 Å². The number of imidazole rings is 1. The van der Waals surface area contributed by atoms with E-state index in [1.54, 1.807) is 6.20 Å². The minimum atomic E-state index is -0.172. The molecule has 1 aromatic rings. The van der Waals surface area contributed by atoms with Gasteiger partial charge < -0.3 is 9.88 Å². The maximum Gasteiger partial charge on any atom is 0.242 e. The monoisotopic (exact) mass is 237 g/mol. The summed E-state index contributed by atoms with van der Waals surface area (Å²) in [5.74, 6) is 1.04. The van der Waals surface area contributed by atoms with E-state index in [1.807, 2.05) is 24.6 Å². The van der Waals surface area contributed by atoms with E-state index in [-0.39, 0.29) is 11.9 Å². The van der Waals surface area contributed by atoms with Crippen molar-refractivity contribution in [3.63, 3.8) is 0 Å². The molecular formula is C13H23N3O. The Morgan fingerprint density at radius 3 is 2.88 bits per heavy atom. The summed E-state index contributed by atoms with van der Waals surface area (Å²) in [6.07, 6.45) is 7.86. The molecule has 0 aliphatic rings. The quantitative estimate of drug-likeness (QED) is 0.740. The number of hydrogen-bond acceptors (Lipinski definition) is 2. The number of amides is 1. The molecule has 0 bridgehead atoms. The summed E-state index contributed by atoms with van der Waals surface area (Å²) >= 11 is 0. The molecule has 1 rings (SSSR count). The molecule has 0 saturated carbocycles. The fourth-order valence-corrected chi connectivity index (χ4v) is 1.83. The lowest BCUT2D eigenvalue weighted by atomic mass is 10.2. The van der Waals surface area contributed by atoms with Crippen LogP contribution < -0.4 is 5.32 Å². The summed E-state index contributed by atoms with van der Waals surface area (Å²) in [5.41, 5.74) is 0. The van der Waals surface area contributed by atoms with Crippen molar-refractivity contribution in [1.29, 1.82) is 0 Å². The zero-order valence-corrected chi connectivity index (χ0v) is 11.1. The van der Waals surface area contributed by atoms with Gasteiger partial charge in [-0.1, -0.05) is 26.7 Å². The highest BCUT2D eigenvalue weighted by Crippen LogP contribution is 2.09. The summed E-state index contributed by atoms with van der Waals surface area (Å²) in [5, 5.41) is 2.97. The van der Waals surface area contributed by atoms with Gasteiger partial charge in [-0.05, 0) is 13.3 Å². The Kier molecular flexibility index (Phi) is 5.73. The van der Waals surface area contributed by atoms with Crippen LogP contribution in [0.25, 0.3) is 0 Å². The average Bonchev–Trinajstić information content (AvgIpc) is 2.81. The number of nitrogens with one attached hydrogen (secondary N) is 1. The van der Waals surface area contributed by atoms with E-state index in [4.69, 9.17) is 0 Å². The zero-order chi connectivity index (χ0) is 12.7. The number of carbonyl (C=O) groups is 1. The third kappa shape index (κ3) is 3.88. The van der Waals surface area contributed by atoms with Crippen LogP contribution in [0.15, 0.2) is 12.4 Å². The molecule has 1 N–H and O–H groups in total. The summed E-state index contributed by atoms with van der Waals surface area (Å²) < 4.78 is 1.94. The van der Waals surface area contributed by atoms with Crippen LogP contribution in [-0.2, 0) is 11.2 Å². The molecule has 17 heavy (non-hydrogen) atoms. The van der Waals surface area contributed by atoms with Gasteiger partial charge in [0, 0.05) is 25.4 Å². The first-order valence-electron chi connectivity index (χ1n) is 6.50. The molecule has 0 fully saturated rings. The highest BCUT2D eigenvalue weighted by Gasteiger charge is 2.16. The van der Waals surface area contributed by atoms with Crippen LogP contribution in [0.3, 0.4) is 0 Å². The van der Waals surface area contributed by atoms with Gasteiger partial charge in [-0.2, -0.15) is 0 Å². The van der Waals surface area contributed by atoms with Gasteiger partial charge in [0.1, 0.15) is 11.9 Å². The highest BCUT2D eigenvalue weighted by atomic mass is 16.2. The summed E-state index contributed by atoms with van der Waals surface area (Å²) in [4.78, 5) is 16.1. The second-order valence-corrected chi connectivity index (χ2v) is 4.28. The fourth-order valence-electron chi connectivity index (χ4n) is 1.83. The van der Waals surface area contributed by atoms with E-state index in [2.05, 4.69) is 17.2 Å². The number of rotatable bonds is 7. The van der Waals surface area contributed by atoms with Crippen LogP contribution in [-0.4, -0.2) is 22.0 Å².